The van der Waals surface area contributed by atoms with Gasteiger partial charge in [0.15, 0.2) is 5.69 Å². The van der Waals surface area contributed by atoms with Crippen LogP contribution in [0.4, 0.5) is 17.5 Å². The Kier molecular flexibility index (Phi) is 5.67. The van der Waals surface area contributed by atoms with Crippen LogP contribution in [0.2, 0.25) is 5.02 Å². The number of nitrogens with zero attached hydrogens (tertiary/aromatic N) is 3. The third-order valence-corrected chi connectivity index (χ3v) is 7.60. The Morgan fingerprint density at radius 3 is 2.84 bits per heavy atom. The van der Waals surface area contributed by atoms with Crippen molar-refractivity contribution in [2.75, 3.05) is 41.8 Å². The Morgan fingerprint density at radius 1 is 1.24 bits per heavy atom. The van der Waals surface area contributed by atoms with Gasteiger partial charge in [-0.25, -0.2) is 9.78 Å². The number of aromatic nitrogens is 3. The molecule has 192 valence electrons. The summed E-state index contributed by atoms with van der Waals surface area (Å²) in [5.41, 5.74) is 1.72. The van der Waals surface area contributed by atoms with Gasteiger partial charge in [0, 0.05) is 41.5 Å². The predicted molar refractivity (Wildman–Crippen MR) is 136 cm³/mol. The van der Waals surface area contributed by atoms with Crippen molar-refractivity contribution in [3.05, 3.63) is 50.6 Å². The number of benzene rings is 1. The second kappa shape index (κ2) is 8.91. The SMILES string of the molecule is CCOC(=O)c1coc(-c2cc(Cl)c3c(c2)NC(=O)C32CCN(c3nc4c(c(=O)[nH]3)CCCN4)CC2)n1. The van der Waals surface area contributed by atoms with Crippen molar-refractivity contribution in [2.24, 2.45) is 0 Å². The number of carbonyl (C=O) groups excluding carboxylic acids is 2. The Labute approximate surface area is 216 Å². The summed E-state index contributed by atoms with van der Waals surface area (Å²) in [7, 11) is 0. The summed E-state index contributed by atoms with van der Waals surface area (Å²) in [5, 5.41) is 6.61. The molecular weight excluding hydrogens is 500 g/mol. The minimum atomic E-state index is -0.791. The quantitative estimate of drug-likeness (QED) is 0.439. The van der Waals surface area contributed by atoms with E-state index in [1.54, 1.807) is 19.1 Å². The lowest BCUT2D eigenvalue weighted by Crippen LogP contribution is -2.47. The van der Waals surface area contributed by atoms with Crippen LogP contribution in [-0.4, -0.2) is 53.1 Å². The monoisotopic (exact) mass is 524 g/mol. The van der Waals surface area contributed by atoms with Crippen LogP contribution in [-0.2, 0) is 21.4 Å². The molecule has 0 aliphatic carbocycles. The fraction of sp³-hybridized carbons (Fsp3) is 0.400. The van der Waals surface area contributed by atoms with Crippen LogP contribution in [0.15, 0.2) is 27.6 Å². The standard InChI is InChI=1S/C25H25ClN6O5/c1-2-36-22(34)17-12-37-21(28-17)13-10-15(26)18-16(11-13)29-23(35)25(18)5-8-32(9-6-25)24-30-19-14(20(33)31-24)4-3-7-27-19/h10-12H,2-9H2,1H3,(H,29,35)(H2,27,30,31,33). The number of hydrogen-bond acceptors (Lipinski definition) is 9. The average Bonchev–Trinajstić information content (AvgIpc) is 3.49. The van der Waals surface area contributed by atoms with Gasteiger partial charge < -0.3 is 24.7 Å². The molecule has 3 N–H and O–H groups in total. The van der Waals surface area contributed by atoms with E-state index in [9.17, 15) is 14.4 Å². The Hall–Kier alpha value is -3.86. The molecule has 37 heavy (non-hydrogen) atoms. The molecule has 3 aliphatic heterocycles. The number of ether oxygens (including phenoxy) is 1. The molecule has 6 rings (SSSR count). The minimum Gasteiger partial charge on any atom is -0.461 e. The number of fused-ring (bicyclic) bond motifs is 3. The highest BCUT2D eigenvalue weighted by Crippen LogP contribution is 2.49. The van der Waals surface area contributed by atoms with Gasteiger partial charge in [-0.15, -0.1) is 0 Å². The number of H-pyrrole nitrogens is 1. The fourth-order valence-electron chi connectivity index (χ4n) is 5.44. The molecule has 1 amide bonds. The zero-order valence-corrected chi connectivity index (χ0v) is 20.9. The number of anilines is 3. The fourth-order valence-corrected chi connectivity index (χ4v) is 5.84. The van der Waals surface area contributed by atoms with Crippen molar-refractivity contribution in [2.45, 2.75) is 38.0 Å². The lowest BCUT2D eigenvalue weighted by atomic mass is 9.73. The van der Waals surface area contributed by atoms with E-state index in [0.29, 0.717) is 66.0 Å². The number of hydrogen-bond donors (Lipinski definition) is 3. The molecule has 1 saturated heterocycles. The van der Waals surface area contributed by atoms with Crippen LogP contribution in [0.25, 0.3) is 11.5 Å². The highest BCUT2D eigenvalue weighted by Gasteiger charge is 2.50. The first kappa shape index (κ1) is 23.5. The van der Waals surface area contributed by atoms with E-state index in [1.165, 1.54) is 6.26 Å². The van der Waals surface area contributed by atoms with Gasteiger partial charge in [0.25, 0.3) is 5.56 Å². The number of carbonyl (C=O) groups is 2. The van der Waals surface area contributed by atoms with Crippen LogP contribution in [0.5, 0.6) is 0 Å². The summed E-state index contributed by atoms with van der Waals surface area (Å²) in [6.07, 6.45) is 3.86. The largest absolute Gasteiger partial charge is 0.461 e. The molecule has 2 aromatic heterocycles. The van der Waals surface area contributed by atoms with Crippen molar-refractivity contribution in [3.63, 3.8) is 0 Å². The summed E-state index contributed by atoms with van der Waals surface area (Å²) in [5.74, 6) is 0.661. The van der Waals surface area contributed by atoms with Gasteiger partial charge >= 0.3 is 5.97 Å². The smallest absolute Gasteiger partial charge is 0.360 e. The third kappa shape index (κ3) is 3.85. The molecule has 5 heterocycles. The van der Waals surface area contributed by atoms with E-state index in [-0.39, 0.29) is 29.7 Å². The summed E-state index contributed by atoms with van der Waals surface area (Å²) >= 11 is 6.75. The first-order valence-corrected chi connectivity index (χ1v) is 12.7. The van der Waals surface area contributed by atoms with E-state index in [1.807, 2.05) is 4.90 Å². The van der Waals surface area contributed by atoms with Crippen molar-refractivity contribution < 1.29 is 18.7 Å². The number of rotatable bonds is 4. The molecule has 1 aromatic carbocycles. The van der Waals surface area contributed by atoms with E-state index in [2.05, 4.69) is 25.6 Å². The summed E-state index contributed by atoms with van der Waals surface area (Å²) in [6, 6.07) is 3.46. The first-order chi connectivity index (χ1) is 17.9. The van der Waals surface area contributed by atoms with Gasteiger partial charge in [0.2, 0.25) is 17.7 Å². The number of nitrogens with one attached hydrogen (secondary N) is 3. The van der Waals surface area contributed by atoms with Crippen molar-refractivity contribution in [1.29, 1.82) is 0 Å². The van der Waals surface area contributed by atoms with Crippen LogP contribution < -0.4 is 21.1 Å². The molecule has 0 unspecified atom stereocenters. The molecule has 3 aromatic rings. The van der Waals surface area contributed by atoms with Crippen molar-refractivity contribution in [3.8, 4) is 11.5 Å². The second-order valence-electron chi connectivity index (χ2n) is 9.41. The van der Waals surface area contributed by atoms with Gasteiger partial charge in [-0.05, 0) is 44.7 Å². The lowest BCUT2D eigenvalue weighted by Gasteiger charge is -2.38. The number of aromatic amines is 1. The van der Waals surface area contributed by atoms with Crippen LogP contribution >= 0.6 is 11.6 Å². The number of halogens is 1. The van der Waals surface area contributed by atoms with E-state index in [0.717, 1.165) is 18.5 Å². The molecule has 0 bridgehead atoms. The van der Waals surface area contributed by atoms with Crippen LogP contribution in [0.1, 0.15) is 47.8 Å². The van der Waals surface area contributed by atoms with Crippen LogP contribution in [0.3, 0.4) is 0 Å². The zero-order valence-electron chi connectivity index (χ0n) is 20.1. The zero-order chi connectivity index (χ0) is 25.7. The number of piperidine rings is 1. The van der Waals surface area contributed by atoms with Gasteiger partial charge in [-0.2, -0.15) is 4.98 Å². The molecule has 0 atom stereocenters. The molecule has 0 saturated carbocycles. The summed E-state index contributed by atoms with van der Waals surface area (Å²) < 4.78 is 10.4. The van der Waals surface area contributed by atoms with Crippen LogP contribution in [0, 0.1) is 0 Å². The maximum Gasteiger partial charge on any atom is 0.360 e. The number of oxazole rings is 1. The van der Waals surface area contributed by atoms with Crippen molar-refractivity contribution in [1.82, 2.24) is 15.0 Å². The minimum absolute atomic E-state index is 0.0605. The topological polar surface area (TPSA) is 142 Å². The van der Waals surface area contributed by atoms with E-state index in [4.69, 9.17) is 20.8 Å². The van der Waals surface area contributed by atoms with Crippen molar-refractivity contribution >= 4 is 40.9 Å². The Balaban J connectivity index is 1.26. The molecule has 1 fully saturated rings. The Morgan fingerprint density at radius 2 is 2.05 bits per heavy atom. The number of amides is 1. The third-order valence-electron chi connectivity index (χ3n) is 7.30. The summed E-state index contributed by atoms with van der Waals surface area (Å²) in [4.78, 5) is 51.6. The van der Waals surface area contributed by atoms with Gasteiger partial charge in [0.1, 0.15) is 12.1 Å². The molecule has 3 aliphatic rings. The van der Waals surface area contributed by atoms with Gasteiger partial charge in [-0.1, -0.05) is 11.6 Å². The highest BCUT2D eigenvalue weighted by atomic mass is 35.5. The molecule has 1 spiro atoms. The first-order valence-electron chi connectivity index (χ1n) is 12.3. The average molecular weight is 525 g/mol. The normalized spacial score (nSPS) is 17.7. The highest BCUT2D eigenvalue weighted by molar-refractivity contribution is 6.33. The molecule has 11 nitrogen and oxygen atoms in total. The molecule has 0 radical (unpaired) electrons. The molecule has 12 heteroatoms. The van der Waals surface area contributed by atoms with Gasteiger partial charge in [-0.3, -0.25) is 14.6 Å². The lowest BCUT2D eigenvalue weighted by molar-refractivity contribution is -0.121. The number of esters is 1. The van der Waals surface area contributed by atoms with E-state index >= 15 is 0 Å². The van der Waals surface area contributed by atoms with Gasteiger partial charge in [0.05, 0.1) is 17.6 Å². The summed E-state index contributed by atoms with van der Waals surface area (Å²) in [6.45, 7) is 3.78. The molecular formula is C25H25ClN6O5. The predicted octanol–water partition coefficient (Wildman–Crippen LogP) is 3.10. The maximum atomic E-state index is 13.3. The maximum absolute atomic E-state index is 13.3. The second-order valence-corrected chi connectivity index (χ2v) is 9.82. The van der Waals surface area contributed by atoms with E-state index < -0.39 is 11.4 Å². The Bertz CT molecular complexity index is 1470.